The first-order chi connectivity index (χ1) is 7.09. The third-order valence-electron chi connectivity index (χ3n) is 2.26. The Balaban J connectivity index is 2.58. The van der Waals surface area contributed by atoms with Crippen molar-refractivity contribution in [3.05, 3.63) is 42.5 Å². The van der Waals surface area contributed by atoms with Crippen molar-refractivity contribution in [1.82, 2.24) is 14.8 Å². The van der Waals surface area contributed by atoms with Crippen molar-refractivity contribution >= 4 is 0 Å². The normalized spacial score (nSPS) is 11.7. The minimum absolute atomic E-state index is 0.386. The van der Waals surface area contributed by atoms with Crippen LogP contribution in [0.25, 0.3) is 5.69 Å². The van der Waals surface area contributed by atoms with Crippen LogP contribution in [0.2, 0.25) is 0 Å². The summed E-state index contributed by atoms with van der Waals surface area (Å²) in [6.07, 6.45) is 3.19. The average Bonchev–Trinajstić information content (AvgIpc) is 2.69. The van der Waals surface area contributed by atoms with Gasteiger partial charge in [-0.15, -0.1) is 0 Å². The summed E-state index contributed by atoms with van der Waals surface area (Å²) in [4.78, 5) is 3.93. The Hall–Kier alpha value is -1.68. The minimum Gasteiger partial charge on any atom is -0.322 e. The molecule has 1 aromatic heterocycles. The number of rotatable bonds is 2. The van der Waals surface area contributed by atoms with Crippen LogP contribution in [0, 0.1) is 0 Å². The van der Waals surface area contributed by atoms with E-state index in [2.05, 4.69) is 10.1 Å². The molecule has 0 aliphatic rings. The summed E-state index contributed by atoms with van der Waals surface area (Å²) in [5.74, 6) is 0. The van der Waals surface area contributed by atoms with Crippen molar-refractivity contribution in [3.8, 4) is 5.69 Å². The Morgan fingerprint density at radius 3 is 2.60 bits per heavy atom. The van der Waals surface area contributed by atoms with E-state index in [9.17, 15) is 0 Å². The third kappa shape index (κ3) is 1.89. The minimum atomic E-state index is -0.386. The molecule has 2 N–H and O–H groups in total. The van der Waals surface area contributed by atoms with Crippen molar-refractivity contribution in [2.75, 3.05) is 0 Å². The highest BCUT2D eigenvalue weighted by Gasteiger charge is 2.18. The molecule has 4 nitrogen and oxygen atoms in total. The maximum atomic E-state index is 6.10. The van der Waals surface area contributed by atoms with Gasteiger partial charge >= 0.3 is 0 Å². The van der Waals surface area contributed by atoms with E-state index < -0.39 is 0 Å². The lowest BCUT2D eigenvalue weighted by Crippen LogP contribution is -2.30. The average molecular weight is 202 g/mol. The van der Waals surface area contributed by atoms with Gasteiger partial charge in [0.15, 0.2) is 0 Å². The number of benzene rings is 1. The highest BCUT2D eigenvalue weighted by Crippen LogP contribution is 2.23. The molecule has 0 radical (unpaired) electrons. The van der Waals surface area contributed by atoms with Crippen molar-refractivity contribution in [1.29, 1.82) is 0 Å². The fourth-order valence-electron chi connectivity index (χ4n) is 1.55. The zero-order valence-electron chi connectivity index (χ0n) is 8.88. The highest BCUT2D eigenvalue weighted by molar-refractivity contribution is 5.43. The van der Waals surface area contributed by atoms with Gasteiger partial charge in [-0.3, -0.25) is 0 Å². The van der Waals surface area contributed by atoms with E-state index in [4.69, 9.17) is 5.73 Å². The molecule has 0 amide bonds. The Morgan fingerprint density at radius 1 is 1.27 bits per heavy atom. The van der Waals surface area contributed by atoms with Crippen LogP contribution in [-0.2, 0) is 5.54 Å². The van der Waals surface area contributed by atoms with E-state index in [-0.39, 0.29) is 5.54 Å². The lowest BCUT2D eigenvalue weighted by atomic mass is 9.94. The molecule has 0 fully saturated rings. The molecule has 0 unspecified atom stereocenters. The van der Waals surface area contributed by atoms with Crippen LogP contribution in [-0.4, -0.2) is 14.8 Å². The maximum Gasteiger partial charge on any atom is 0.138 e. The number of para-hydroxylation sites is 1. The van der Waals surface area contributed by atoms with Crippen LogP contribution < -0.4 is 5.73 Å². The summed E-state index contributed by atoms with van der Waals surface area (Å²) in [5, 5.41) is 4.11. The highest BCUT2D eigenvalue weighted by atomic mass is 15.3. The summed E-state index contributed by atoms with van der Waals surface area (Å²) in [5.41, 5.74) is 7.74. The van der Waals surface area contributed by atoms with Crippen LogP contribution in [0.4, 0.5) is 0 Å². The van der Waals surface area contributed by atoms with Gasteiger partial charge in [-0.2, -0.15) is 5.10 Å². The second-order valence-corrected chi connectivity index (χ2v) is 4.08. The molecule has 0 bridgehead atoms. The fourth-order valence-corrected chi connectivity index (χ4v) is 1.55. The Kier molecular flexibility index (Phi) is 2.28. The molecule has 1 aromatic carbocycles. The van der Waals surface area contributed by atoms with Gasteiger partial charge in [0.25, 0.3) is 0 Å². The van der Waals surface area contributed by atoms with Crippen molar-refractivity contribution in [2.24, 2.45) is 5.73 Å². The molecule has 0 saturated heterocycles. The topological polar surface area (TPSA) is 56.7 Å². The first-order valence-corrected chi connectivity index (χ1v) is 4.82. The van der Waals surface area contributed by atoms with E-state index in [0.717, 1.165) is 11.3 Å². The second-order valence-electron chi connectivity index (χ2n) is 4.08. The molecule has 0 aliphatic carbocycles. The molecular weight excluding hydrogens is 188 g/mol. The summed E-state index contributed by atoms with van der Waals surface area (Å²) >= 11 is 0. The molecule has 15 heavy (non-hydrogen) atoms. The molecule has 0 spiro atoms. The van der Waals surface area contributed by atoms with Crippen LogP contribution >= 0.6 is 0 Å². The summed E-state index contributed by atoms with van der Waals surface area (Å²) in [6, 6.07) is 7.94. The second kappa shape index (κ2) is 3.47. The predicted molar refractivity (Wildman–Crippen MR) is 58.6 cm³/mol. The van der Waals surface area contributed by atoms with Crippen molar-refractivity contribution in [2.45, 2.75) is 19.4 Å². The Labute approximate surface area is 88.8 Å². The fraction of sp³-hybridized carbons (Fsp3) is 0.273. The van der Waals surface area contributed by atoms with Gasteiger partial charge in [-0.05, 0) is 25.5 Å². The van der Waals surface area contributed by atoms with Gasteiger partial charge in [0, 0.05) is 5.54 Å². The van der Waals surface area contributed by atoms with Gasteiger partial charge in [0.05, 0.1) is 5.69 Å². The number of aromatic nitrogens is 3. The van der Waals surface area contributed by atoms with Gasteiger partial charge in [-0.1, -0.05) is 18.2 Å². The first-order valence-electron chi connectivity index (χ1n) is 4.82. The predicted octanol–water partition coefficient (Wildman–Crippen LogP) is 1.46. The molecule has 0 saturated carbocycles. The standard InChI is InChI=1S/C11H14N4/c1-11(2,12)9-5-3-4-6-10(9)15-8-13-7-14-15/h3-8H,12H2,1-2H3. The van der Waals surface area contributed by atoms with Crippen LogP contribution in [0.5, 0.6) is 0 Å². The SMILES string of the molecule is CC(C)(N)c1ccccc1-n1cncn1. The zero-order valence-corrected chi connectivity index (χ0v) is 8.88. The molecule has 0 atom stereocenters. The molecule has 2 aromatic rings. The van der Waals surface area contributed by atoms with Gasteiger partial charge in [0.2, 0.25) is 0 Å². The monoisotopic (exact) mass is 202 g/mol. The Morgan fingerprint density at radius 2 is 2.00 bits per heavy atom. The summed E-state index contributed by atoms with van der Waals surface area (Å²) < 4.78 is 1.73. The van der Waals surface area contributed by atoms with Gasteiger partial charge < -0.3 is 5.73 Å². The smallest absolute Gasteiger partial charge is 0.138 e. The van der Waals surface area contributed by atoms with E-state index in [1.165, 1.54) is 6.33 Å². The van der Waals surface area contributed by atoms with E-state index in [1.54, 1.807) is 11.0 Å². The number of hydrogen-bond acceptors (Lipinski definition) is 3. The molecule has 1 heterocycles. The van der Waals surface area contributed by atoms with Crippen LogP contribution in [0.3, 0.4) is 0 Å². The van der Waals surface area contributed by atoms with E-state index in [0.29, 0.717) is 0 Å². The number of hydrogen-bond donors (Lipinski definition) is 1. The quantitative estimate of drug-likeness (QED) is 0.802. The largest absolute Gasteiger partial charge is 0.322 e. The number of nitrogens with zero attached hydrogens (tertiary/aromatic N) is 3. The number of nitrogens with two attached hydrogens (primary N) is 1. The van der Waals surface area contributed by atoms with Gasteiger partial charge in [0.1, 0.15) is 12.7 Å². The van der Waals surface area contributed by atoms with Crippen LogP contribution in [0.15, 0.2) is 36.9 Å². The van der Waals surface area contributed by atoms with Crippen molar-refractivity contribution < 1.29 is 0 Å². The van der Waals surface area contributed by atoms with Crippen LogP contribution in [0.1, 0.15) is 19.4 Å². The first kappa shape index (κ1) is 9.86. The zero-order chi connectivity index (χ0) is 10.9. The molecular formula is C11H14N4. The molecule has 2 rings (SSSR count). The lowest BCUT2D eigenvalue weighted by molar-refractivity contribution is 0.549. The Bertz CT molecular complexity index is 440. The maximum absolute atomic E-state index is 6.10. The van der Waals surface area contributed by atoms with E-state index in [1.807, 2.05) is 38.1 Å². The van der Waals surface area contributed by atoms with Crippen molar-refractivity contribution in [3.63, 3.8) is 0 Å². The van der Waals surface area contributed by atoms with Gasteiger partial charge in [-0.25, -0.2) is 9.67 Å². The van der Waals surface area contributed by atoms with E-state index >= 15 is 0 Å². The third-order valence-corrected chi connectivity index (χ3v) is 2.26. The lowest BCUT2D eigenvalue weighted by Gasteiger charge is -2.22. The summed E-state index contributed by atoms with van der Waals surface area (Å²) in [6.45, 7) is 3.95. The molecule has 78 valence electrons. The molecule has 0 aliphatic heterocycles. The summed E-state index contributed by atoms with van der Waals surface area (Å²) in [7, 11) is 0. The molecule has 4 heteroatoms.